The van der Waals surface area contributed by atoms with Crippen LogP contribution in [0.2, 0.25) is 0 Å². The van der Waals surface area contributed by atoms with Gasteiger partial charge in [-0.25, -0.2) is 0 Å². The monoisotopic (exact) mass is 1710 g/mol. The van der Waals surface area contributed by atoms with E-state index in [9.17, 15) is 96.2 Å². The van der Waals surface area contributed by atoms with Crippen LogP contribution in [-0.2, 0) is 94.5 Å². The Hall–Kier alpha value is -13.3. The fourth-order valence-electron chi connectivity index (χ4n) is 11.7. The van der Waals surface area contributed by atoms with Crippen molar-refractivity contribution in [3.05, 3.63) is 101 Å². The summed E-state index contributed by atoms with van der Waals surface area (Å²) in [6, 6.07) is 0.325. The molecule has 0 unspecified atom stereocenters. The summed E-state index contributed by atoms with van der Waals surface area (Å²) < 4.78 is 0. The molecule has 0 bridgehead atoms. The second-order valence-electron chi connectivity index (χ2n) is 29.8. The van der Waals surface area contributed by atoms with Gasteiger partial charge in [0.25, 0.3) is 11.8 Å². The number of anilines is 1. The zero-order chi connectivity index (χ0) is 91.8. The number of carbonyl (C=O) groups is 19. The number of aliphatic hydroxyl groups is 1. The number of hydrogen-bond donors (Lipinski definition) is 25. The van der Waals surface area contributed by atoms with Crippen molar-refractivity contribution in [2.75, 3.05) is 25.0 Å². The van der Waals surface area contributed by atoms with Gasteiger partial charge in [0, 0.05) is 42.7 Å². The number of unbranched alkanes of at least 4 members (excludes halogenated alkanes) is 1. The lowest BCUT2D eigenvalue weighted by molar-refractivity contribution is -0.138. The van der Waals surface area contributed by atoms with Crippen molar-refractivity contribution in [1.29, 1.82) is 5.41 Å². The van der Waals surface area contributed by atoms with Crippen LogP contribution < -0.4 is 126 Å². The number of benzene rings is 3. The molecule has 670 valence electrons. The molecule has 0 aliphatic heterocycles. The summed E-state index contributed by atoms with van der Waals surface area (Å²) in [6.07, 6.45) is -1.60. The van der Waals surface area contributed by atoms with Crippen molar-refractivity contribution in [2.24, 2.45) is 63.6 Å². The van der Waals surface area contributed by atoms with Crippen LogP contribution in [0.5, 0.6) is 0 Å². The fourth-order valence-corrected chi connectivity index (χ4v) is 11.7. The van der Waals surface area contributed by atoms with Crippen molar-refractivity contribution < 1.29 is 96.2 Å². The van der Waals surface area contributed by atoms with Gasteiger partial charge in [-0.05, 0) is 118 Å². The maximum atomic E-state index is 14.3. The third-order valence-corrected chi connectivity index (χ3v) is 19.0. The Balaban J connectivity index is 1.70. The van der Waals surface area contributed by atoms with Crippen molar-refractivity contribution in [2.45, 2.75) is 218 Å². The summed E-state index contributed by atoms with van der Waals surface area (Å²) in [6.45, 7) is 11.3. The van der Waals surface area contributed by atoms with E-state index >= 15 is 0 Å². The van der Waals surface area contributed by atoms with Gasteiger partial charge in [0.1, 0.15) is 72.5 Å². The first kappa shape index (κ1) is 103. The highest BCUT2D eigenvalue weighted by Gasteiger charge is 2.39. The number of hydrogen-bond acceptors (Lipinski definition) is 23. The molecular formula is C78H118N24O20. The molecule has 44 nitrogen and oxygen atoms in total. The molecule has 0 aliphatic rings. The molecule has 122 heavy (non-hydrogen) atoms. The minimum absolute atomic E-state index is 0.00630. The molecule has 0 saturated carbocycles. The van der Waals surface area contributed by atoms with Crippen molar-refractivity contribution >= 4 is 124 Å². The Morgan fingerprint density at radius 3 is 1.33 bits per heavy atom. The van der Waals surface area contributed by atoms with Crippen LogP contribution in [-0.4, -0.2) is 222 Å². The van der Waals surface area contributed by atoms with Crippen molar-refractivity contribution in [3.63, 3.8) is 0 Å². The van der Waals surface area contributed by atoms with E-state index in [0.29, 0.717) is 36.9 Å². The molecule has 0 heterocycles. The molecule has 14 atom stereocenters. The predicted molar refractivity (Wildman–Crippen MR) is 442 cm³/mol. The molecule has 19 amide bonds. The smallest absolute Gasteiger partial charge is 0.255 e. The van der Waals surface area contributed by atoms with E-state index in [1.165, 1.54) is 71.0 Å². The third kappa shape index (κ3) is 36.5. The Bertz CT molecular complexity index is 4170. The lowest BCUT2D eigenvalue weighted by atomic mass is 9.96. The maximum absolute atomic E-state index is 14.3. The average Bonchev–Trinajstić information content (AvgIpc) is 0.841. The molecule has 0 saturated heterocycles. The maximum Gasteiger partial charge on any atom is 0.255 e. The van der Waals surface area contributed by atoms with E-state index in [1.807, 2.05) is 0 Å². The lowest BCUT2D eigenvalue weighted by Gasteiger charge is -2.29. The topological polar surface area (TPSA) is 757 Å². The molecule has 0 spiro atoms. The van der Waals surface area contributed by atoms with Crippen molar-refractivity contribution in [3.8, 4) is 0 Å². The number of primary amides is 5. The Labute approximate surface area is 704 Å². The molecule has 3 aromatic rings. The zero-order valence-electron chi connectivity index (χ0n) is 69.4. The summed E-state index contributed by atoms with van der Waals surface area (Å²) in [5.74, 6) is -21.1. The van der Waals surface area contributed by atoms with E-state index in [4.69, 9.17) is 51.3 Å². The number of rotatable bonds is 54. The molecule has 3 rings (SSSR count). The molecule has 0 aromatic heterocycles. The van der Waals surface area contributed by atoms with Gasteiger partial charge in [-0.1, -0.05) is 96.8 Å². The number of nitrogens with one attached hydrogen (secondary N) is 16. The highest BCUT2D eigenvalue weighted by molar-refractivity contribution is 6.06. The highest BCUT2D eigenvalue weighted by atomic mass is 16.3. The minimum Gasteiger partial charge on any atom is -0.394 e. The van der Waals surface area contributed by atoms with Gasteiger partial charge in [-0.15, -0.1) is 0 Å². The average molecular weight is 1710 g/mol. The first-order valence-corrected chi connectivity index (χ1v) is 39.4. The van der Waals surface area contributed by atoms with Crippen LogP contribution in [0, 0.1) is 23.2 Å². The predicted octanol–water partition coefficient (Wildman–Crippen LogP) is -7.28. The SMILES string of the molecule is CC[C@H](C)[C@H](NC(=O)[C@H](CC(N)=O)NC(=O)[C@@H](NC(=O)c1ccc(NC(=O)c2ccc(CNC(=O)[C@H](C)NC(=O)[C@H](C)NC(=O)[C@H](CCC(N)=O)NC(=O)[C@@H](N)CCCCN)cc2)cc1)C(C)C)C(=O)N[C@@H](CC(N)=O)C(=O)N[C@@H](CC(N)=O)C(=O)N[C@@H](CO)C(=O)N[C@H](C(=O)N[C@@H](Cc1ccccc1)C(=O)N[C@@H](CCCNC(=N)N)C(N)=O)C(C)C. The van der Waals surface area contributed by atoms with Crippen LogP contribution in [0.25, 0.3) is 0 Å². The lowest BCUT2D eigenvalue weighted by Crippen LogP contribution is -2.62. The number of nitrogens with two attached hydrogens (primary N) is 8. The molecule has 3 aromatic carbocycles. The van der Waals surface area contributed by atoms with Gasteiger partial charge in [0.15, 0.2) is 5.96 Å². The standard InChI is InChI=1S/C78H118N24O20/c1-9-40(6)62(77(122)98-53(34-58(83)106)71(116)95-52(33-57(82)105)72(117)99-55(37-103)74(119)101-61(39(4)5)76(121)96-51(32-43-16-11-10-12-17-43)70(115)93-49(63(85)108)19-15-31-88-78(86)87)102-73(118)54(35-59(84)107)97-75(120)60(38(2)3)100-67(112)46-24-26-47(27-25-46)92-66(111)45-22-20-44(21-23-45)36-89-64(109)41(7)90-65(110)42(8)91-69(114)50(28-29-56(81)104)94-68(113)48(80)18-13-14-30-79/h10-12,16-17,20-27,38-42,48-55,60-62,103H,9,13-15,18-19,28-37,79-80H2,1-8H3,(H2,81,104)(H2,82,105)(H2,83,106)(H2,84,107)(H2,85,108)(H,89,109)(H,90,110)(H,91,114)(H,92,111)(H,93,115)(H,94,113)(H,95,116)(H,96,121)(H,97,120)(H,98,122)(H,99,117)(H,100,112)(H,101,119)(H,102,118)(H4,86,87,88)/t40-,41-,42-,48-,49-,50-,51-,52-,53-,54-,55-,60-,61-,62-/m0/s1. The minimum atomic E-state index is -2.03. The molecule has 0 radical (unpaired) electrons. The largest absolute Gasteiger partial charge is 0.394 e. The normalized spacial score (nSPS) is 14.4. The van der Waals surface area contributed by atoms with Gasteiger partial charge in [-0.3, -0.25) is 96.5 Å². The van der Waals surface area contributed by atoms with Gasteiger partial charge in [0.05, 0.1) is 31.9 Å². The Kier molecular flexibility index (Phi) is 43.8. The third-order valence-electron chi connectivity index (χ3n) is 19.0. The van der Waals surface area contributed by atoms with E-state index in [2.05, 4.69) is 79.8 Å². The van der Waals surface area contributed by atoms with Crippen LogP contribution in [0.15, 0.2) is 78.9 Å². The molecule has 0 aliphatic carbocycles. The van der Waals surface area contributed by atoms with E-state index in [1.54, 1.807) is 63.2 Å². The fraction of sp³-hybridized carbons (Fsp3) is 0.513. The summed E-state index contributed by atoms with van der Waals surface area (Å²) in [7, 11) is 0. The van der Waals surface area contributed by atoms with Crippen LogP contribution in [0.3, 0.4) is 0 Å². The molecule has 44 heteroatoms. The van der Waals surface area contributed by atoms with Crippen LogP contribution >= 0.6 is 0 Å². The summed E-state index contributed by atoms with van der Waals surface area (Å²) in [5.41, 5.74) is 45.7. The van der Waals surface area contributed by atoms with E-state index in [0.717, 1.165) is 0 Å². The number of amides is 19. The first-order chi connectivity index (χ1) is 57.4. The Morgan fingerprint density at radius 1 is 0.393 bits per heavy atom. The highest BCUT2D eigenvalue weighted by Crippen LogP contribution is 2.17. The summed E-state index contributed by atoms with van der Waals surface area (Å²) >= 11 is 0. The quantitative estimate of drug-likeness (QED) is 0.0142. The number of guanidine groups is 1. The first-order valence-electron chi connectivity index (χ1n) is 39.4. The second-order valence-corrected chi connectivity index (χ2v) is 29.8. The van der Waals surface area contributed by atoms with Crippen molar-refractivity contribution in [1.82, 2.24) is 74.4 Å². The molecule has 0 fully saturated rings. The van der Waals surface area contributed by atoms with Crippen LogP contribution in [0.4, 0.5) is 5.69 Å². The van der Waals surface area contributed by atoms with Crippen LogP contribution in [0.1, 0.15) is 158 Å². The molecule has 33 N–H and O–H groups in total. The molecular weight excluding hydrogens is 1590 g/mol. The zero-order valence-corrected chi connectivity index (χ0v) is 69.4. The van der Waals surface area contributed by atoms with E-state index < -0.39 is 234 Å². The van der Waals surface area contributed by atoms with Gasteiger partial charge in [0.2, 0.25) is 100 Å². The Morgan fingerprint density at radius 2 is 0.828 bits per heavy atom. The van der Waals surface area contributed by atoms with Gasteiger partial charge in [-0.2, -0.15) is 0 Å². The van der Waals surface area contributed by atoms with Gasteiger partial charge >= 0.3 is 0 Å². The number of carbonyl (C=O) groups excluding carboxylic acids is 19. The second kappa shape index (κ2) is 51.9. The summed E-state index contributed by atoms with van der Waals surface area (Å²) in [4.78, 5) is 253. The summed E-state index contributed by atoms with van der Waals surface area (Å²) in [5, 5.41) is 54.7. The number of aliphatic hydroxyl groups excluding tert-OH is 1. The van der Waals surface area contributed by atoms with E-state index in [-0.39, 0.29) is 74.4 Å². The van der Waals surface area contributed by atoms with Gasteiger partial charge < -0.3 is 131 Å².